The molecule has 0 saturated heterocycles. The molecule has 0 aliphatic carbocycles. The van der Waals surface area contributed by atoms with Gasteiger partial charge in [0.15, 0.2) is 5.78 Å². The number of fused-ring (bicyclic) bond motifs is 1. The molecule has 4 aromatic rings. The Morgan fingerprint density at radius 1 is 1.03 bits per heavy atom. The van der Waals surface area contributed by atoms with Crippen LogP contribution in [0.5, 0.6) is 0 Å². The number of aromatic nitrogens is 3. The van der Waals surface area contributed by atoms with Crippen molar-refractivity contribution in [3.05, 3.63) is 78.0 Å². The lowest BCUT2D eigenvalue weighted by Gasteiger charge is -2.09. The highest BCUT2D eigenvalue weighted by Gasteiger charge is 2.18. The molecular weight excluding hydrogens is 375 g/mol. The SMILES string of the molecule is Nc1ncnc2[nH]cc(C(=O)c3cccc(NC(=O)Nc4ccccc4F)c3)c12. The molecule has 2 aromatic carbocycles. The molecule has 4 rings (SSSR count). The number of rotatable bonds is 4. The zero-order chi connectivity index (χ0) is 20.4. The maximum Gasteiger partial charge on any atom is 0.323 e. The van der Waals surface area contributed by atoms with Crippen molar-refractivity contribution in [3.63, 3.8) is 0 Å². The summed E-state index contributed by atoms with van der Waals surface area (Å²) >= 11 is 0. The molecule has 0 fully saturated rings. The van der Waals surface area contributed by atoms with Crippen LogP contribution in [0.3, 0.4) is 0 Å². The number of hydrogen-bond acceptors (Lipinski definition) is 5. The van der Waals surface area contributed by atoms with Crippen molar-refractivity contribution >= 4 is 40.0 Å². The van der Waals surface area contributed by atoms with E-state index in [9.17, 15) is 14.0 Å². The number of nitrogens with one attached hydrogen (secondary N) is 3. The number of nitrogens with two attached hydrogens (primary N) is 1. The molecule has 2 aromatic heterocycles. The van der Waals surface area contributed by atoms with E-state index in [2.05, 4.69) is 25.6 Å². The van der Waals surface area contributed by atoms with E-state index in [0.29, 0.717) is 27.8 Å². The Bertz CT molecular complexity index is 1240. The monoisotopic (exact) mass is 390 g/mol. The van der Waals surface area contributed by atoms with Gasteiger partial charge in [-0.25, -0.2) is 19.2 Å². The fourth-order valence-corrected chi connectivity index (χ4v) is 2.91. The smallest absolute Gasteiger partial charge is 0.323 e. The van der Waals surface area contributed by atoms with Gasteiger partial charge < -0.3 is 21.4 Å². The van der Waals surface area contributed by atoms with Crippen molar-refractivity contribution in [2.45, 2.75) is 0 Å². The van der Waals surface area contributed by atoms with Crippen LogP contribution in [-0.2, 0) is 0 Å². The van der Waals surface area contributed by atoms with Crippen LogP contribution in [0.15, 0.2) is 61.1 Å². The Morgan fingerprint density at radius 2 is 1.86 bits per heavy atom. The molecule has 0 aliphatic rings. The number of halogens is 1. The molecule has 2 heterocycles. The second-order valence-corrected chi connectivity index (χ2v) is 6.15. The number of amides is 2. The van der Waals surface area contributed by atoms with Gasteiger partial charge in [0.05, 0.1) is 16.6 Å². The van der Waals surface area contributed by atoms with E-state index in [0.717, 1.165) is 0 Å². The summed E-state index contributed by atoms with van der Waals surface area (Å²) in [7, 11) is 0. The van der Waals surface area contributed by atoms with E-state index in [1.807, 2.05) is 0 Å². The van der Waals surface area contributed by atoms with Gasteiger partial charge in [-0.3, -0.25) is 4.79 Å². The number of H-pyrrole nitrogens is 1. The Kier molecular flexibility index (Phi) is 4.62. The van der Waals surface area contributed by atoms with Crippen LogP contribution >= 0.6 is 0 Å². The molecule has 9 heteroatoms. The highest BCUT2D eigenvalue weighted by Crippen LogP contribution is 2.24. The van der Waals surface area contributed by atoms with Crippen LogP contribution in [0.1, 0.15) is 15.9 Å². The second-order valence-electron chi connectivity index (χ2n) is 6.15. The van der Waals surface area contributed by atoms with E-state index < -0.39 is 11.8 Å². The van der Waals surface area contributed by atoms with E-state index in [1.165, 1.54) is 36.8 Å². The quantitative estimate of drug-likeness (QED) is 0.397. The van der Waals surface area contributed by atoms with E-state index in [1.54, 1.807) is 24.3 Å². The molecule has 29 heavy (non-hydrogen) atoms. The lowest BCUT2D eigenvalue weighted by Crippen LogP contribution is -2.20. The summed E-state index contributed by atoms with van der Waals surface area (Å²) < 4.78 is 13.7. The zero-order valence-electron chi connectivity index (χ0n) is 14.9. The molecule has 0 bridgehead atoms. The van der Waals surface area contributed by atoms with Crippen molar-refractivity contribution in [1.29, 1.82) is 0 Å². The van der Waals surface area contributed by atoms with E-state index in [4.69, 9.17) is 5.73 Å². The van der Waals surface area contributed by atoms with Crippen LogP contribution in [-0.4, -0.2) is 26.8 Å². The Hall–Kier alpha value is -4.27. The topological polar surface area (TPSA) is 126 Å². The molecule has 0 aliphatic heterocycles. The van der Waals surface area contributed by atoms with Gasteiger partial charge in [-0.15, -0.1) is 0 Å². The predicted molar refractivity (Wildman–Crippen MR) is 107 cm³/mol. The van der Waals surface area contributed by atoms with Crippen molar-refractivity contribution in [1.82, 2.24) is 15.0 Å². The number of hydrogen-bond donors (Lipinski definition) is 4. The number of anilines is 3. The minimum atomic E-state index is -0.635. The fourth-order valence-electron chi connectivity index (χ4n) is 2.91. The van der Waals surface area contributed by atoms with Crippen molar-refractivity contribution in [3.8, 4) is 0 Å². The van der Waals surface area contributed by atoms with Gasteiger partial charge in [0.1, 0.15) is 23.6 Å². The van der Waals surface area contributed by atoms with Gasteiger partial charge in [0, 0.05) is 17.4 Å². The standard InChI is InChI=1S/C20H15FN6O2/c21-14-6-1-2-7-15(14)27-20(29)26-12-5-3-4-11(8-12)17(28)13-9-23-19-16(13)18(22)24-10-25-19/h1-10H,(H2,26,27,29)(H3,22,23,24,25). The summed E-state index contributed by atoms with van der Waals surface area (Å²) in [6, 6.07) is 11.5. The molecule has 2 amide bonds. The Morgan fingerprint density at radius 3 is 2.69 bits per heavy atom. The largest absolute Gasteiger partial charge is 0.383 e. The highest BCUT2D eigenvalue weighted by atomic mass is 19.1. The number of carbonyl (C=O) groups is 2. The minimum absolute atomic E-state index is 0.0477. The first kappa shape index (κ1) is 18.1. The lowest BCUT2D eigenvalue weighted by atomic mass is 10.0. The van der Waals surface area contributed by atoms with Crippen LogP contribution in [0.25, 0.3) is 11.0 Å². The van der Waals surface area contributed by atoms with Gasteiger partial charge in [-0.1, -0.05) is 24.3 Å². The summed E-state index contributed by atoms with van der Waals surface area (Å²) in [6.45, 7) is 0. The third kappa shape index (κ3) is 3.61. The van der Waals surface area contributed by atoms with Gasteiger partial charge in [0.25, 0.3) is 0 Å². The number of para-hydroxylation sites is 1. The van der Waals surface area contributed by atoms with Crippen LogP contribution in [0.2, 0.25) is 0 Å². The molecule has 144 valence electrons. The van der Waals surface area contributed by atoms with Crippen LogP contribution in [0.4, 0.5) is 26.4 Å². The summed E-state index contributed by atoms with van der Waals surface area (Å²) in [5.41, 5.74) is 7.41. The summed E-state index contributed by atoms with van der Waals surface area (Å²) in [4.78, 5) is 35.9. The van der Waals surface area contributed by atoms with Gasteiger partial charge in [-0.2, -0.15) is 0 Å². The summed E-state index contributed by atoms with van der Waals surface area (Å²) in [5, 5.41) is 5.44. The van der Waals surface area contributed by atoms with Gasteiger partial charge in [-0.05, 0) is 24.3 Å². The zero-order valence-corrected chi connectivity index (χ0v) is 14.9. The molecule has 0 spiro atoms. The maximum absolute atomic E-state index is 13.7. The normalized spacial score (nSPS) is 10.7. The molecule has 0 radical (unpaired) electrons. The number of nitrogen functional groups attached to an aromatic ring is 1. The van der Waals surface area contributed by atoms with Crippen molar-refractivity contribution in [2.75, 3.05) is 16.4 Å². The Balaban J connectivity index is 1.56. The van der Waals surface area contributed by atoms with Crippen molar-refractivity contribution < 1.29 is 14.0 Å². The predicted octanol–water partition coefficient (Wildman–Crippen LogP) is 3.55. The minimum Gasteiger partial charge on any atom is -0.383 e. The number of ketones is 1. The third-order valence-electron chi connectivity index (χ3n) is 4.25. The van der Waals surface area contributed by atoms with Crippen LogP contribution in [0, 0.1) is 5.82 Å². The molecule has 0 saturated carbocycles. The number of carbonyl (C=O) groups excluding carboxylic acids is 2. The first-order valence-corrected chi connectivity index (χ1v) is 8.58. The van der Waals surface area contributed by atoms with E-state index in [-0.39, 0.29) is 17.3 Å². The number of benzene rings is 2. The molecule has 0 unspecified atom stereocenters. The van der Waals surface area contributed by atoms with Gasteiger partial charge in [0.2, 0.25) is 0 Å². The molecule has 0 atom stereocenters. The van der Waals surface area contributed by atoms with Crippen LogP contribution < -0.4 is 16.4 Å². The first-order valence-electron chi connectivity index (χ1n) is 8.58. The molecular formula is C20H15FN6O2. The lowest BCUT2D eigenvalue weighted by molar-refractivity contribution is 0.104. The maximum atomic E-state index is 13.7. The third-order valence-corrected chi connectivity index (χ3v) is 4.25. The molecule has 5 N–H and O–H groups in total. The number of nitrogens with zero attached hydrogens (tertiary/aromatic N) is 2. The highest BCUT2D eigenvalue weighted by molar-refractivity contribution is 6.18. The van der Waals surface area contributed by atoms with E-state index >= 15 is 0 Å². The fraction of sp³-hybridized carbons (Fsp3) is 0. The average Bonchev–Trinajstić information content (AvgIpc) is 3.15. The summed E-state index contributed by atoms with van der Waals surface area (Å²) in [6.07, 6.45) is 2.82. The van der Waals surface area contributed by atoms with Gasteiger partial charge >= 0.3 is 6.03 Å². The molecule has 8 nitrogen and oxygen atoms in total. The first-order chi connectivity index (χ1) is 14.0. The summed E-state index contributed by atoms with van der Waals surface area (Å²) in [5.74, 6) is -0.667. The number of urea groups is 1. The Labute approximate surface area is 164 Å². The van der Waals surface area contributed by atoms with Crippen molar-refractivity contribution in [2.24, 2.45) is 0 Å². The second kappa shape index (κ2) is 7.39. The average molecular weight is 390 g/mol. The number of aromatic amines is 1.